The Kier molecular flexibility index (Phi) is 4.64. The zero-order valence-electron chi connectivity index (χ0n) is 15.4. The van der Waals surface area contributed by atoms with Crippen molar-refractivity contribution in [2.24, 2.45) is 4.99 Å². The van der Waals surface area contributed by atoms with Gasteiger partial charge in [0.1, 0.15) is 0 Å². The van der Waals surface area contributed by atoms with Gasteiger partial charge in [0.05, 0.1) is 15.1 Å². The summed E-state index contributed by atoms with van der Waals surface area (Å²) in [6, 6.07) is 18.2. The van der Waals surface area contributed by atoms with Gasteiger partial charge < -0.3 is 4.57 Å². The lowest BCUT2D eigenvalue weighted by atomic mass is 10.1. The lowest BCUT2D eigenvalue weighted by molar-refractivity contribution is 0.0997. The minimum atomic E-state index is -3.39. The van der Waals surface area contributed by atoms with E-state index < -0.39 is 15.7 Å². The number of sulfone groups is 1. The van der Waals surface area contributed by atoms with Crippen LogP contribution in [-0.4, -0.2) is 25.1 Å². The van der Waals surface area contributed by atoms with E-state index >= 15 is 0 Å². The van der Waals surface area contributed by atoms with E-state index in [4.69, 9.17) is 0 Å². The van der Waals surface area contributed by atoms with Crippen LogP contribution in [0.3, 0.4) is 0 Å². The summed E-state index contributed by atoms with van der Waals surface area (Å²) in [4.78, 5) is 17.8. The van der Waals surface area contributed by atoms with Crippen molar-refractivity contribution in [3.05, 3.63) is 71.0 Å². The van der Waals surface area contributed by atoms with Gasteiger partial charge in [0.25, 0.3) is 5.91 Å². The quantitative estimate of drug-likeness (QED) is 0.512. The highest BCUT2D eigenvalue weighted by Gasteiger charge is 2.13. The second-order valence-corrected chi connectivity index (χ2v) is 9.47. The molecule has 0 saturated carbocycles. The van der Waals surface area contributed by atoms with Gasteiger partial charge in [-0.15, -0.1) is 0 Å². The fourth-order valence-corrected chi connectivity index (χ4v) is 5.09. The van der Waals surface area contributed by atoms with Crippen LogP contribution in [-0.2, 0) is 16.4 Å². The molecule has 0 atom stereocenters. The summed E-state index contributed by atoms with van der Waals surface area (Å²) in [6.45, 7) is 2.68. The third kappa shape index (κ3) is 3.27. The summed E-state index contributed by atoms with van der Waals surface area (Å²) in [5, 5.41) is 2.26. The van der Waals surface area contributed by atoms with Crippen LogP contribution in [0.1, 0.15) is 17.3 Å². The summed E-state index contributed by atoms with van der Waals surface area (Å²) >= 11 is 1.47. The fraction of sp³-hybridized carbons (Fsp3) is 0.143. The monoisotopic (exact) mass is 410 g/mol. The van der Waals surface area contributed by atoms with Crippen molar-refractivity contribution in [2.45, 2.75) is 18.4 Å². The van der Waals surface area contributed by atoms with Gasteiger partial charge in [0.2, 0.25) is 0 Å². The van der Waals surface area contributed by atoms with Crippen LogP contribution in [0.4, 0.5) is 0 Å². The standard InChI is InChI=1S/C21H18N2O3S2/c1-3-23-18-12-11-14-7-4-5-10-17(14)19(18)27-21(23)22-20(24)15-8-6-9-16(13-15)28(2,25)26/h4-13H,3H2,1-2H3. The van der Waals surface area contributed by atoms with Crippen LogP contribution in [0.15, 0.2) is 70.6 Å². The van der Waals surface area contributed by atoms with Crippen molar-refractivity contribution in [3.63, 3.8) is 0 Å². The second kappa shape index (κ2) is 7.00. The molecule has 4 aromatic rings. The Morgan fingerprint density at radius 2 is 1.86 bits per heavy atom. The van der Waals surface area contributed by atoms with E-state index in [1.165, 1.54) is 23.5 Å². The largest absolute Gasteiger partial charge is 0.317 e. The molecule has 7 heteroatoms. The number of fused-ring (bicyclic) bond motifs is 3. The summed E-state index contributed by atoms with van der Waals surface area (Å²) in [5.41, 5.74) is 1.29. The minimum absolute atomic E-state index is 0.110. The van der Waals surface area contributed by atoms with Gasteiger partial charge in [-0.1, -0.05) is 47.7 Å². The summed E-state index contributed by atoms with van der Waals surface area (Å²) in [7, 11) is -3.39. The number of carbonyl (C=O) groups excluding carboxylic acids is 1. The normalized spacial score (nSPS) is 12.7. The molecule has 0 aliphatic carbocycles. The van der Waals surface area contributed by atoms with Crippen LogP contribution >= 0.6 is 11.3 Å². The number of amides is 1. The average Bonchev–Trinajstić information content (AvgIpc) is 3.04. The Hall–Kier alpha value is -2.77. The van der Waals surface area contributed by atoms with Crippen LogP contribution in [0.25, 0.3) is 21.0 Å². The van der Waals surface area contributed by atoms with E-state index in [9.17, 15) is 13.2 Å². The molecular formula is C21H18N2O3S2. The second-order valence-electron chi connectivity index (χ2n) is 6.48. The first-order valence-electron chi connectivity index (χ1n) is 8.79. The van der Waals surface area contributed by atoms with Gasteiger partial charge in [-0.2, -0.15) is 4.99 Å². The topological polar surface area (TPSA) is 68.5 Å². The first kappa shape index (κ1) is 18.6. The Morgan fingerprint density at radius 3 is 2.61 bits per heavy atom. The smallest absolute Gasteiger partial charge is 0.279 e. The number of nitrogens with zero attached hydrogens (tertiary/aromatic N) is 2. The van der Waals surface area contributed by atoms with Gasteiger partial charge in [-0.25, -0.2) is 8.42 Å². The molecule has 5 nitrogen and oxygen atoms in total. The molecule has 3 aromatic carbocycles. The Morgan fingerprint density at radius 1 is 1.07 bits per heavy atom. The minimum Gasteiger partial charge on any atom is -0.317 e. The van der Waals surface area contributed by atoms with Crippen LogP contribution in [0.2, 0.25) is 0 Å². The number of aromatic nitrogens is 1. The third-order valence-corrected chi connectivity index (χ3v) is 6.83. The van der Waals surface area contributed by atoms with Crippen molar-refractivity contribution < 1.29 is 13.2 Å². The molecule has 0 spiro atoms. The average molecular weight is 411 g/mol. The highest BCUT2D eigenvalue weighted by molar-refractivity contribution is 7.90. The lowest BCUT2D eigenvalue weighted by Crippen LogP contribution is -2.16. The molecule has 1 amide bonds. The highest BCUT2D eigenvalue weighted by atomic mass is 32.2. The SMILES string of the molecule is CCn1c(=NC(=O)c2cccc(S(C)(=O)=O)c2)sc2c3ccccc3ccc21. The summed E-state index contributed by atoms with van der Waals surface area (Å²) < 4.78 is 26.6. The molecule has 0 N–H and O–H groups in total. The van der Waals surface area contributed by atoms with Crippen molar-refractivity contribution in [2.75, 3.05) is 6.26 Å². The molecular weight excluding hydrogens is 392 g/mol. The zero-order chi connectivity index (χ0) is 19.9. The molecule has 0 bridgehead atoms. The van der Waals surface area contributed by atoms with Gasteiger partial charge in [-0.3, -0.25) is 4.79 Å². The number of carbonyl (C=O) groups is 1. The van der Waals surface area contributed by atoms with Crippen molar-refractivity contribution in [1.82, 2.24) is 4.57 Å². The molecule has 0 fully saturated rings. The number of aryl methyl sites for hydroxylation is 1. The van der Waals surface area contributed by atoms with E-state index in [1.54, 1.807) is 12.1 Å². The molecule has 0 unspecified atom stereocenters. The molecule has 28 heavy (non-hydrogen) atoms. The van der Waals surface area contributed by atoms with E-state index in [1.807, 2.05) is 29.7 Å². The van der Waals surface area contributed by atoms with E-state index in [-0.39, 0.29) is 10.5 Å². The van der Waals surface area contributed by atoms with Gasteiger partial charge in [0, 0.05) is 23.8 Å². The van der Waals surface area contributed by atoms with Crippen molar-refractivity contribution >= 4 is 48.1 Å². The van der Waals surface area contributed by atoms with E-state index in [0.717, 1.165) is 27.2 Å². The summed E-state index contributed by atoms with van der Waals surface area (Å²) in [5.74, 6) is -0.455. The predicted octanol–water partition coefficient (Wildman–Crippen LogP) is 4.02. The Bertz CT molecular complexity index is 1400. The molecule has 1 aromatic heterocycles. The van der Waals surface area contributed by atoms with Crippen molar-refractivity contribution in [3.8, 4) is 0 Å². The maximum absolute atomic E-state index is 12.7. The molecule has 4 rings (SSSR count). The van der Waals surface area contributed by atoms with Gasteiger partial charge in [0.15, 0.2) is 14.6 Å². The molecule has 0 saturated heterocycles. The molecule has 1 heterocycles. The summed E-state index contributed by atoms with van der Waals surface area (Å²) in [6.07, 6.45) is 1.12. The van der Waals surface area contributed by atoms with Crippen LogP contribution < -0.4 is 4.80 Å². The molecule has 0 radical (unpaired) electrons. The lowest BCUT2D eigenvalue weighted by Gasteiger charge is -2.03. The van der Waals surface area contributed by atoms with Crippen molar-refractivity contribution in [1.29, 1.82) is 0 Å². The number of benzene rings is 3. The Labute approximate surface area is 166 Å². The first-order valence-corrected chi connectivity index (χ1v) is 11.5. The number of hydrogen-bond acceptors (Lipinski definition) is 4. The third-order valence-electron chi connectivity index (χ3n) is 4.60. The Balaban J connectivity index is 1.90. The molecule has 142 valence electrons. The van der Waals surface area contributed by atoms with E-state index in [2.05, 4.69) is 23.2 Å². The zero-order valence-corrected chi connectivity index (χ0v) is 17.0. The number of thiazole rings is 1. The van der Waals surface area contributed by atoms with Gasteiger partial charge in [-0.05, 0) is 36.6 Å². The van der Waals surface area contributed by atoms with Crippen LogP contribution in [0.5, 0.6) is 0 Å². The highest BCUT2D eigenvalue weighted by Crippen LogP contribution is 2.27. The molecule has 0 aliphatic rings. The predicted molar refractivity (Wildman–Crippen MR) is 112 cm³/mol. The fourth-order valence-electron chi connectivity index (χ4n) is 3.20. The van der Waals surface area contributed by atoms with Gasteiger partial charge >= 0.3 is 0 Å². The number of hydrogen-bond donors (Lipinski definition) is 0. The van der Waals surface area contributed by atoms with E-state index in [0.29, 0.717) is 11.3 Å². The van der Waals surface area contributed by atoms with Crippen LogP contribution in [0, 0.1) is 0 Å². The number of rotatable bonds is 3. The first-order chi connectivity index (χ1) is 13.4. The maximum atomic E-state index is 12.7. The maximum Gasteiger partial charge on any atom is 0.279 e. The molecule has 0 aliphatic heterocycles.